The minimum atomic E-state index is -1.00. The lowest BCUT2D eigenvalue weighted by atomic mass is 9.93. The van der Waals surface area contributed by atoms with Crippen LogP contribution in [0.5, 0.6) is 0 Å². The number of carboxylic acids is 1. The zero-order chi connectivity index (χ0) is 16.0. The fourth-order valence-corrected chi connectivity index (χ4v) is 3.05. The van der Waals surface area contributed by atoms with Crippen molar-refractivity contribution in [3.05, 3.63) is 52.9 Å². The lowest BCUT2D eigenvalue weighted by molar-refractivity contribution is -0.142. The van der Waals surface area contributed by atoms with E-state index in [1.54, 1.807) is 6.07 Å². The fraction of sp³-hybridized carbons (Fsp3) is 0.353. The zero-order valence-corrected chi connectivity index (χ0v) is 12.4. The lowest BCUT2D eigenvalue weighted by Crippen LogP contribution is -2.48. The smallest absolute Gasteiger partial charge is 0.326 e. The number of carboxylic acid groups (broad SMARTS) is 1. The predicted octanol–water partition coefficient (Wildman–Crippen LogP) is 2.20. The van der Waals surface area contributed by atoms with Crippen LogP contribution in [0.25, 0.3) is 0 Å². The summed E-state index contributed by atoms with van der Waals surface area (Å²) in [6.45, 7) is 0.275. The predicted molar refractivity (Wildman–Crippen MR) is 79.9 cm³/mol. The van der Waals surface area contributed by atoms with E-state index in [0.29, 0.717) is 12.3 Å². The van der Waals surface area contributed by atoms with Gasteiger partial charge in [-0.25, -0.2) is 4.79 Å². The normalized spacial score (nSPS) is 20.2. The van der Waals surface area contributed by atoms with Crippen LogP contribution in [0.3, 0.4) is 0 Å². The first-order valence-electron chi connectivity index (χ1n) is 7.70. The summed E-state index contributed by atoms with van der Waals surface area (Å²) >= 11 is 0. The van der Waals surface area contributed by atoms with Gasteiger partial charge in [-0.2, -0.15) is 0 Å². The second kappa shape index (κ2) is 5.22. The number of aliphatic carboxylic acids is 1. The monoisotopic (exact) mass is 312 g/mol. The summed E-state index contributed by atoms with van der Waals surface area (Å²) < 4.78 is 5.22. The molecule has 0 spiro atoms. The molecule has 2 aliphatic rings. The van der Waals surface area contributed by atoms with E-state index in [2.05, 4.69) is 5.16 Å². The van der Waals surface area contributed by atoms with Crippen molar-refractivity contribution in [3.8, 4) is 0 Å². The number of hydrogen-bond acceptors (Lipinski definition) is 4. The molecule has 1 saturated carbocycles. The van der Waals surface area contributed by atoms with Gasteiger partial charge in [0.25, 0.3) is 5.91 Å². The first kappa shape index (κ1) is 14.0. The Morgan fingerprint density at radius 3 is 2.65 bits per heavy atom. The second-order valence-corrected chi connectivity index (χ2v) is 6.15. The standard InChI is InChI=1S/C17H16N2O4/c20-16(13-8-15(23-18-13)10-5-6-10)19-9-12-4-2-1-3-11(12)7-14(19)17(21)22/h1-4,8,10,14H,5-7,9H2,(H,21,22)/t14-/m1/s1. The van der Waals surface area contributed by atoms with Gasteiger partial charge in [-0.3, -0.25) is 4.79 Å². The minimum absolute atomic E-state index is 0.192. The van der Waals surface area contributed by atoms with Crippen molar-refractivity contribution >= 4 is 11.9 Å². The molecular formula is C17H16N2O4. The van der Waals surface area contributed by atoms with Gasteiger partial charge in [0.2, 0.25) is 0 Å². The Labute approximate surface area is 132 Å². The fourth-order valence-electron chi connectivity index (χ4n) is 3.05. The van der Waals surface area contributed by atoms with Crippen LogP contribution in [0, 0.1) is 0 Å². The van der Waals surface area contributed by atoms with Crippen molar-refractivity contribution in [2.45, 2.75) is 37.8 Å². The van der Waals surface area contributed by atoms with Gasteiger partial charge in [0.15, 0.2) is 5.69 Å². The van der Waals surface area contributed by atoms with Gasteiger partial charge >= 0.3 is 5.97 Å². The molecule has 0 radical (unpaired) electrons. The van der Waals surface area contributed by atoms with E-state index in [1.165, 1.54) is 4.90 Å². The van der Waals surface area contributed by atoms with Crippen molar-refractivity contribution in [1.29, 1.82) is 0 Å². The molecule has 0 saturated heterocycles. The molecule has 1 aliphatic heterocycles. The Hall–Kier alpha value is -2.63. The molecule has 6 nitrogen and oxygen atoms in total. The molecule has 1 fully saturated rings. The van der Waals surface area contributed by atoms with Crippen molar-refractivity contribution in [1.82, 2.24) is 10.1 Å². The minimum Gasteiger partial charge on any atom is -0.480 e. The first-order chi connectivity index (χ1) is 11.1. The van der Waals surface area contributed by atoms with Crippen LogP contribution in [-0.4, -0.2) is 33.1 Å². The first-order valence-corrected chi connectivity index (χ1v) is 7.70. The molecule has 4 rings (SSSR count). The molecule has 2 aromatic rings. The van der Waals surface area contributed by atoms with Crippen molar-refractivity contribution in [2.75, 3.05) is 0 Å². The molecule has 0 unspecified atom stereocenters. The van der Waals surface area contributed by atoms with Gasteiger partial charge in [-0.05, 0) is 24.0 Å². The number of carbonyl (C=O) groups excluding carboxylic acids is 1. The van der Waals surface area contributed by atoms with Crippen LogP contribution >= 0.6 is 0 Å². The molecule has 1 N–H and O–H groups in total. The summed E-state index contributed by atoms with van der Waals surface area (Å²) in [7, 11) is 0. The quantitative estimate of drug-likeness (QED) is 0.939. The summed E-state index contributed by atoms with van der Waals surface area (Å²) in [4.78, 5) is 25.7. The van der Waals surface area contributed by atoms with Gasteiger partial charge in [-0.15, -0.1) is 0 Å². The third-order valence-electron chi connectivity index (χ3n) is 4.52. The average Bonchev–Trinajstić information content (AvgIpc) is 3.30. The molecule has 118 valence electrons. The number of rotatable bonds is 3. The molecular weight excluding hydrogens is 296 g/mol. The zero-order valence-electron chi connectivity index (χ0n) is 12.4. The summed E-state index contributed by atoms with van der Waals surface area (Å²) in [6, 6.07) is 8.39. The van der Waals surface area contributed by atoms with Gasteiger partial charge < -0.3 is 14.5 Å². The van der Waals surface area contributed by atoms with Crippen LogP contribution in [0.4, 0.5) is 0 Å². The number of amides is 1. The highest BCUT2D eigenvalue weighted by molar-refractivity contribution is 5.95. The van der Waals surface area contributed by atoms with Crippen LogP contribution in [0.2, 0.25) is 0 Å². The van der Waals surface area contributed by atoms with Crippen molar-refractivity contribution < 1.29 is 19.2 Å². The lowest BCUT2D eigenvalue weighted by Gasteiger charge is -2.33. The summed E-state index contributed by atoms with van der Waals surface area (Å²) in [5, 5.41) is 13.3. The van der Waals surface area contributed by atoms with Crippen molar-refractivity contribution in [3.63, 3.8) is 0 Å². The molecule has 6 heteroatoms. The maximum absolute atomic E-state index is 12.7. The number of nitrogens with zero attached hydrogens (tertiary/aromatic N) is 2. The van der Waals surface area contributed by atoms with E-state index >= 15 is 0 Å². The summed E-state index contributed by atoms with van der Waals surface area (Å²) in [5.74, 6) is -0.305. The molecule has 1 aromatic carbocycles. The molecule has 1 aliphatic carbocycles. The van der Waals surface area contributed by atoms with Crippen LogP contribution < -0.4 is 0 Å². The van der Waals surface area contributed by atoms with Gasteiger partial charge in [-0.1, -0.05) is 29.4 Å². The van der Waals surface area contributed by atoms with E-state index < -0.39 is 12.0 Å². The molecule has 0 bridgehead atoms. The van der Waals surface area contributed by atoms with Crippen LogP contribution in [0.15, 0.2) is 34.9 Å². The highest BCUT2D eigenvalue weighted by atomic mass is 16.5. The average molecular weight is 312 g/mol. The largest absolute Gasteiger partial charge is 0.480 e. The Morgan fingerprint density at radius 2 is 1.96 bits per heavy atom. The van der Waals surface area contributed by atoms with Crippen LogP contribution in [0.1, 0.15) is 46.1 Å². The maximum Gasteiger partial charge on any atom is 0.326 e. The number of carbonyl (C=O) groups is 2. The number of aromatic nitrogens is 1. The number of hydrogen-bond donors (Lipinski definition) is 1. The van der Waals surface area contributed by atoms with E-state index in [9.17, 15) is 14.7 Å². The van der Waals surface area contributed by atoms with Gasteiger partial charge in [0.1, 0.15) is 11.8 Å². The number of benzene rings is 1. The third-order valence-corrected chi connectivity index (χ3v) is 4.52. The number of fused-ring (bicyclic) bond motifs is 1. The Kier molecular flexibility index (Phi) is 3.18. The molecule has 1 amide bonds. The van der Waals surface area contributed by atoms with Crippen LogP contribution in [-0.2, 0) is 17.8 Å². The molecule has 2 heterocycles. The Bertz CT molecular complexity index is 778. The van der Waals surface area contributed by atoms with E-state index in [0.717, 1.165) is 29.7 Å². The third kappa shape index (κ3) is 2.50. The topological polar surface area (TPSA) is 83.6 Å². The second-order valence-electron chi connectivity index (χ2n) is 6.15. The van der Waals surface area contributed by atoms with Crippen molar-refractivity contribution in [2.24, 2.45) is 0 Å². The molecule has 1 atom stereocenters. The summed E-state index contributed by atoms with van der Waals surface area (Å²) in [6.07, 6.45) is 2.42. The Morgan fingerprint density at radius 1 is 1.22 bits per heavy atom. The Balaban J connectivity index is 1.64. The van der Waals surface area contributed by atoms with E-state index in [4.69, 9.17) is 4.52 Å². The molecule has 1 aromatic heterocycles. The maximum atomic E-state index is 12.7. The highest BCUT2D eigenvalue weighted by Crippen LogP contribution is 2.40. The van der Waals surface area contributed by atoms with E-state index in [-0.39, 0.29) is 18.1 Å². The van der Waals surface area contributed by atoms with Gasteiger partial charge in [0, 0.05) is 24.9 Å². The summed E-state index contributed by atoms with van der Waals surface area (Å²) in [5.41, 5.74) is 2.14. The van der Waals surface area contributed by atoms with Gasteiger partial charge in [0.05, 0.1) is 0 Å². The van der Waals surface area contributed by atoms with E-state index in [1.807, 2.05) is 24.3 Å². The molecule has 23 heavy (non-hydrogen) atoms. The SMILES string of the molecule is O=C(O)[C@H]1Cc2ccccc2CN1C(=O)c1cc(C2CC2)on1. The highest BCUT2D eigenvalue weighted by Gasteiger charge is 2.37.